The summed E-state index contributed by atoms with van der Waals surface area (Å²) in [6.45, 7) is 6.58. The first-order chi connectivity index (χ1) is 16.4. The molecule has 1 aliphatic rings. The van der Waals surface area contributed by atoms with Gasteiger partial charge < -0.3 is 18.8 Å². The number of aromatic nitrogens is 2. The molecule has 2 atom stereocenters. The summed E-state index contributed by atoms with van der Waals surface area (Å²) in [7, 11) is 3.14. The summed E-state index contributed by atoms with van der Waals surface area (Å²) >= 11 is 0. The van der Waals surface area contributed by atoms with E-state index in [0.717, 1.165) is 17.5 Å². The van der Waals surface area contributed by atoms with Gasteiger partial charge >= 0.3 is 5.97 Å². The number of carbonyl (C=O) groups is 2. The third kappa shape index (κ3) is 4.08. The topological polar surface area (TPSA) is 82.9 Å². The van der Waals surface area contributed by atoms with E-state index in [9.17, 15) is 9.59 Å². The second kappa shape index (κ2) is 9.75. The molecule has 0 bridgehead atoms. The van der Waals surface area contributed by atoms with Crippen molar-refractivity contribution in [2.45, 2.75) is 33.2 Å². The number of para-hydroxylation sites is 2. The molecule has 1 aliphatic heterocycles. The molecule has 180 valence electrons. The Morgan fingerprint density at radius 3 is 2.56 bits per heavy atom. The molecule has 0 spiro atoms. The number of fused-ring (bicyclic) bond motifs is 3. The van der Waals surface area contributed by atoms with E-state index in [4.69, 9.17) is 19.2 Å². The lowest BCUT2D eigenvalue weighted by atomic mass is 9.88. The lowest BCUT2D eigenvalue weighted by Gasteiger charge is -2.38. The van der Waals surface area contributed by atoms with Crippen molar-refractivity contribution in [3.8, 4) is 11.5 Å². The van der Waals surface area contributed by atoms with Gasteiger partial charge in [-0.2, -0.15) is 0 Å². The number of imidazole rings is 1. The van der Waals surface area contributed by atoms with Crippen molar-refractivity contribution in [2.24, 2.45) is 11.8 Å². The number of carbonyl (C=O) groups excluding carboxylic acids is 2. The summed E-state index contributed by atoms with van der Waals surface area (Å²) in [6, 6.07) is 12.4. The predicted molar refractivity (Wildman–Crippen MR) is 129 cm³/mol. The van der Waals surface area contributed by atoms with Gasteiger partial charge in [-0.05, 0) is 43.5 Å². The Morgan fingerprint density at radius 1 is 1.12 bits per heavy atom. The molecule has 8 heteroatoms. The van der Waals surface area contributed by atoms with Crippen LogP contribution in [-0.4, -0.2) is 48.8 Å². The first kappa shape index (κ1) is 23.6. The molecule has 0 radical (unpaired) electrons. The van der Waals surface area contributed by atoms with Gasteiger partial charge in [0.1, 0.15) is 11.5 Å². The molecular weight excluding hydrogens is 434 g/mol. The van der Waals surface area contributed by atoms with E-state index in [1.807, 2.05) is 34.9 Å². The van der Waals surface area contributed by atoms with E-state index < -0.39 is 17.9 Å². The number of esters is 1. The number of hydrogen-bond donors (Lipinski definition) is 0. The minimum atomic E-state index is -1.08. The first-order valence-electron chi connectivity index (χ1n) is 11.6. The average Bonchev–Trinajstić information content (AvgIpc) is 3.21. The molecule has 0 fully saturated rings. The monoisotopic (exact) mass is 465 g/mol. The van der Waals surface area contributed by atoms with Crippen LogP contribution in [0.1, 0.15) is 38.8 Å². The highest BCUT2D eigenvalue weighted by molar-refractivity contribution is 6.08. The minimum absolute atomic E-state index is 0.179. The number of benzene rings is 2. The maximum absolute atomic E-state index is 13.9. The molecule has 8 nitrogen and oxygen atoms in total. The molecule has 0 saturated carbocycles. The maximum Gasteiger partial charge on any atom is 0.321 e. The normalized spacial score (nSPS) is 17.7. The number of methoxy groups -OCH3 is 2. The Balaban J connectivity index is 2.00. The van der Waals surface area contributed by atoms with E-state index in [0.29, 0.717) is 35.5 Å². The van der Waals surface area contributed by atoms with Crippen molar-refractivity contribution in [3.05, 3.63) is 48.0 Å². The fraction of sp³-hybridized carbons (Fsp3) is 0.423. The zero-order valence-electron chi connectivity index (χ0n) is 20.3. The number of ether oxygens (including phenoxy) is 3. The number of hydrogen-bond acceptors (Lipinski definition) is 6. The zero-order valence-corrected chi connectivity index (χ0v) is 20.3. The van der Waals surface area contributed by atoms with Crippen LogP contribution in [0, 0.1) is 11.8 Å². The minimum Gasteiger partial charge on any atom is -0.497 e. The van der Waals surface area contributed by atoms with Gasteiger partial charge in [0.25, 0.3) is 0 Å². The third-order valence-corrected chi connectivity index (χ3v) is 6.17. The molecule has 1 aromatic heterocycles. The molecule has 2 aromatic carbocycles. The van der Waals surface area contributed by atoms with Crippen LogP contribution in [0.2, 0.25) is 0 Å². The van der Waals surface area contributed by atoms with E-state index in [1.54, 1.807) is 38.2 Å². The summed E-state index contributed by atoms with van der Waals surface area (Å²) in [6.07, 6.45) is 0.779. The molecule has 4 rings (SSSR count). The van der Waals surface area contributed by atoms with Crippen LogP contribution in [0.4, 0.5) is 5.95 Å². The van der Waals surface area contributed by atoms with Gasteiger partial charge in [-0.25, -0.2) is 4.98 Å². The van der Waals surface area contributed by atoms with Gasteiger partial charge in [-0.1, -0.05) is 26.0 Å². The number of amides is 1. The summed E-state index contributed by atoms with van der Waals surface area (Å²) in [5.74, 6) is 0.0782. The smallest absolute Gasteiger partial charge is 0.321 e. The summed E-state index contributed by atoms with van der Waals surface area (Å²) in [4.78, 5) is 33.7. The van der Waals surface area contributed by atoms with Crippen molar-refractivity contribution < 1.29 is 23.8 Å². The lowest BCUT2D eigenvalue weighted by molar-refractivity contribution is -0.153. The highest BCUT2D eigenvalue weighted by Gasteiger charge is 2.48. The molecule has 2 heterocycles. The van der Waals surface area contributed by atoms with E-state index in [-0.39, 0.29) is 12.5 Å². The van der Waals surface area contributed by atoms with Gasteiger partial charge in [-0.3, -0.25) is 14.5 Å². The number of anilines is 1. The highest BCUT2D eigenvalue weighted by atomic mass is 16.5. The molecule has 3 aromatic rings. The fourth-order valence-electron chi connectivity index (χ4n) is 4.49. The number of nitrogens with zero attached hydrogens (tertiary/aromatic N) is 3. The van der Waals surface area contributed by atoms with Crippen LogP contribution in [0.15, 0.2) is 42.5 Å². The van der Waals surface area contributed by atoms with Crippen molar-refractivity contribution in [3.63, 3.8) is 0 Å². The molecule has 1 amide bonds. The van der Waals surface area contributed by atoms with Crippen LogP contribution in [-0.2, 0) is 14.3 Å². The first-order valence-corrected chi connectivity index (χ1v) is 11.6. The van der Waals surface area contributed by atoms with Crippen LogP contribution in [0.5, 0.6) is 11.5 Å². The third-order valence-electron chi connectivity index (χ3n) is 6.17. The van der Waals surface area contributed by atoms with Gasteiger partial charge in [0.05, 0.1) is 37.9 Å². The Labute approximate surface area is 199 Å². The quantitative estimate of drug-likeness (QED) is 0.366. The second-order valence-corrected chi connectivity index (χ2v) is 8.73. The van der Waals surface area contributed by atoms with Crippen LogP contribution in [0.25, 0.3) is 11.0 Å². The standard InChI is InChI=1S/C26H31N3O5/c1-6-34-25(31)22-23(18-12-11-17(32-4)15-21(18)33-5)29-20-10-8-7-9-19(20)27-26(29)28(24(22)30)14-13-16(2)3/h7-12,15-16,22-23H,6,13-14H2,1-5H3/t22-,23+/m1/s1. The SMILES string of the molecule is CCOC(=O)[C@H]1C(=O)N(CCC(C)C)c2nc3ccccc3n2[C@H]1c1ccc(OC)cc1OC. The molecular formula is C26H31N3O5. The number of rotatable bonds is 8. The van der Waals surface area contributed by atoms with Gasteiger partial charge in [0.15, 0.2) is 5.92 Å². The van der Waals surface area contributed by atoms with Gasteiger partial charge in [-0.15, -0.1) is 0 Å². The fourth-order valence-corrected chi connectivity index (χ4v) is 4.49. The Bertz CT molecular complexity index is 1200. The van der Waals surface area contributed by atoms with E-state index in [1.165, 1.54) is 0 Å². The molecule has 0 unspecified atom stereocenters. The average molecular weight is 466 g/mol. The molecule has 0 N–H and O–H groups in total. The van der Waals surface area contributed by atoms with Crippen molar-refractivity contribution in [1.29, 1.82) is 0 Å². The van der Waals surface area contributed by atoms with Gasteiger partial charge in [0.2, 0.25) is 11.9 Å². The molecule has 0 aliphatic carbocycles. The van der Waals surface area contributed by atoms with Crippen molar-refractivity contribution in [2.75, 3.05) is 32.3 Å². The Morgan fingerprint density at radius 2 is 1.88 bits per heavy atom. The largest absolute Gasteiger partial charge is 0.497 e. The molecule has 34 heavy (non-hydrogen) atoms. The van der Waals surface area contributed by atoms with Crippen LogP contribution < -0.4 is 14.4 Å². The maximum atomic E-state index is 13.9. The summed E-state index contributed by atoms with van der Waals surface area (Å²) in [5.41, 5.74) is 2.26. The van der Waals surface area contributed by atoms with Crippen molar-refractivity contribution >= 4 is 28.9 Å². The Kier molecular flexibility index (Phi) is 6.77. The second-order valence-electron chi connectivity index (χ2n) is 8.73. The van der Waals surface area contributed by atoms with E-state index in [2.05, 4.69) is 13.8 Å². The summed E-state index contributed by atoms with van der Waals surface area (Å²) in [5, 5.41) is 0. The summed E-state index contributed by atoms with van der Waals surface area (Å²) < 4.78 is 18.4. The molecule has 0 saturated heterocycles. The van der Waals surface area contributed by atoms with Crippen LogP contribution >= 0.6 is 0 Å². The van der Waals surface area contributed by atoms with Crippen LogP contribution in [0.3, 0.4) is 0 Å². The van der Waals surface area contributed by atoms with Crippen molar-refractivity contribution in [1.82, 2.24) is 9.55 Å². The lowest BCUT2D eigenvalue weighted by Crippen LogP contribution is -2.50. The van der Waals surface area contributed by atoms with E-state index >= 15 is 0 Å². The highest BCUT2D eigenvalue weighted by Crippen LogP contribution is 2.44. The van der Waals surface area contributed by atoms with Gasteiger partial charge in [0, 0.05) is 18.2 Å². The zero-order chi connectivity index (χ0) is 24.4. The predicted octanol–water partition coefficient (Wildman–Crippen LogP) is 4.21. The Hall–Kier alpha value is -3.55.